The molecule has 6 heteroatoms. The van der Waals surface area contributed by atoms with Crippen LogP contribution in [0.4, 0.5) is 5.82 Å². The van der Waals surface area contributed by atoms with Gasteiger partial charge in [0, 0.05) is 16.8 Å². The first-order valence-corrected chi connectivity index (χ1v) is 9.44. The smallest absolute Gasteiger partial charge is 0.260 e. The molecule has 0 aliphatic heterocycles. The van der Waals surface area contributed by atoms with Gasteiger partial charge in [0.05, 0.1) is 16.5 Å². The van der Waals surface area contributed by atoms with E-state index < -0.39 is 5.91 Å². The molecule has 0 saturated carbocycles. The zero-order valence-electron chi connectivity index (χ0n) is 16.8. The van der Waals surface area contributed by atoms with Crippen LogP contribution in [0.1, 0.15) is 32.7 Å². The van der Waals surface area contributed by atoms with Gasteiger partial charge in [0.25, 0.3) is 5.91 Å². The summed E-state index contributed by atoms with van der Waals surface area (Å²) in [6, 6.07) is 16.3. The summed E-state index contributed by atoms with van der Waals surface area (Å²) in [5, 5.41) is 12.5. The predicted octanol–water partition coefficient (Wildman–Crippen LogP) is 4.84. The van der Waals surface area contributed by atoms with Crippen molar-refractivity contribution >= 4 is 22.7 Å². The summed E-state index contributed by atoms with van der Waals surface area (Å²) in [6.07, 6.45) is 0. The molecule has 0 saturated heterocycles. The average molecular weight is 397 g/mol. The molecule has 0 aliphatic rings. The van der Waals surface area contributed by atoms with Crippen LogP contribution in [0.5, 0.6) is 0 Å². The third-order valence-electron chi connectivity index (χ3n) is 5.28. The van der Waals surface area contributed by atoms with Crippen LogP contribution in [0.25, 0.3) is 22.3 Å². The number of carbonyl (C=O) groups excluding carboxylic acids is 1. The number of carbonyl (C=O) groups is 1. The molecule has 0 bridgehead atoms. The molecular formula is C24H19N3O3. The lowest BCUT2D eigenvalue weighted by Crippen LogP contribution is -2.15. The van der Waals surface area contributed by atoms with Gasteiger partial charge in [-0.3, -0.25) is 9.59 Å². The van der Waals surface area contributed by atoms with Gasteiger partial charge in [-0.25, -0.2) is 0 Å². The topological polar surface area (TPSA) is 98.9 Å². The molecule has 0 unspecified atom stereocenters. The number of H-pyrrole nitrogens is 1. The van der Waals surface area contributed by atoms with Crippen molar-refractivity contribution < 1.29 is 9.21 Å². The summed E-state index contributed by atoms with van der Waals surface area (Å²) in [5.41, 5.74) is 3.43. The van der Waals surface area contributed by atoms with Crippen molar-refractivity contribution in [2.75, 3.05) is 5.32 Å². The van der Waals surface area contributed by atoms with E-state index in [-0.39, 0.29) is 16.6 Å². The number of aromatic nitrogens is 1. The molecular weight excluding hydrogens is 378 g/mol. The maximum Gasteiger partial charge on any atom is 0.260 e. The Morgan fingerprint density at radius 3 is 2.47 bits per heavy atom. The zero-order valence-corrected chi connectivity index (χ0v) is 16.8. The second kappa shape index (κ2) is 7.37. The molecule has 148 valence electrons. The minimum atomic E-state index is -0.468. The second-order valence-corrected chi connectivity index (χ2v) is 7.12. The Labute approximate surface area is 172 Å². The number of amides is 1. The molecule has 30 heavy (non-hydrogen) atoms. The van der Waals surface area contributed by atoms with Crippen LogP contribution in [0, 0.1) is 32.1 Å². The Balaban J connectivity index is 1.87. The van der Waals surface area contributed by atoms with E-state index in [4.69, 9.17) is 4.42 Å². The van der Waals surface area contributed by atoms with Gasteiger partial charge in [0.1, 0.15) is 17.6 Å². The lowest BCUT2D eigenvalue weighted by molar-refractivity contribution is 0.102. The van der Waals surface area contributed by atoms with Crippen molar-refractivity contribution in [3.8, 4) is 17.4 Å². The Bertz CT molecular complexity index is 1390. The van der Waals surface area contributed by atoms with Gasteiger partial charge in [-0.1, -0.05) is 36.4 Å². The number of hydrogen-bond donors (Lipinski definition) is 2. The number of nitriles is 1. The average Bonchev–Trinajstić information content (AvgIpc) is 3.03. The Morgan fingerprint density at radius 2 is 1.77 bits per heavy atom. The molecule has 2 N–H and O–H groups in total. The molecule has 4 aromatic rings. The lowest BCUT2D eigenvalue weighted by Gasteiger charge is -2.10. The van der Waals surface area contributed by atoms with E-state index in [1.807, 2.05) is 44.2 Å². The molecule has 2 aromatic heterocycles. The number of aryl methyl sites for hydroxylation is 1. The highest BCUT2D eigenvalue weighted by Gasteiger charge is 2.20. The van der Waals surface area contributed by atoms with Gasteiger partial charge in [0.15, 0.2) is 11.0 Å². The highest BCUT2D eigenvalue weighted by atomic mass is 16.3. The number of fused-ring (bicyclic) bond motifs is 1. The Morgan fingerprint density at radius 1 is 1.03 bits per heavy atom. The lowest BCUT2D eigenvalue weighted by atomic mass is 10.0. The summed E-state index contributed by atoms with van der Waals surface area (Å²) in [4.78, 5) is 29.0. The van der Waals surface area contributed by atoms with Crippen LogP contribution in [0.3, 0.4) is 0 Å². The second-order valence-electron chi connectivity index (χ2n) is 7.12. The quantitative estimate of drug-likeness (QED) is 0.517. The number of rotatable bonds is 3. The highest BCUT2D eigenvalue weighted by Crippen LogP contribution is 2.28. The third kappa shape index (κ3) is 3.07. The van der Waals surface area contributed by atoms with Crippen molar-refractivity contribution in [3.05, 3.63) is 86.7 Å². The molecule has 1 amide bonds. The van der Waals surface area contributed by atoms with E-state index >= 15 is 0 Å². The minimum absolute atomic E-state index is 0.186. The standard InChI is InChI=1S/C24H19N3O3/c1-13-15(3)26-23(19(13)12-25)27-24(29)18-11-7-10-17-20(28)14(2)21(30-22(17)18)16-8-5-4-6-9-16/h4-11,26H,1-3H3,(H,27,29). The van der Waals surface area contributed by atoms with Crippen LogP contribution in [-0.4, -0.2) is 10.9 Å². The summed E-state index contributed by atoms with van der Waals surface area (Å²) < 4.78 is 6.10. The maximum atomic E-state index is 13.1. The van der Waals surface area contributed by atoms with Crippen molar-refractivity contribution in [2.45, 2.75) is 20.8 Å². The maximum absolute atomic E-state index is 13.1. The first kappa shape index (κ1) is 19.2. The first-order valence-electron chi connectivity index (χ1n) is 9.44. The third-order valence-corrected chi connectivity index (χ3v) is 5.28. The first-order chi connectivity index (χ1) is 14.4. The van der Waals surface area contributed by atoms with Gasteiger partial charge < -0.3 is 14.7 Å². The molecule has 0 radical (unpaired) electrons. The van der Waals surface area contributed by atoms with Crippen molar-refractivity contribution in [1.82, 2.24) is 4.98 Å². The Hall–Kier alpha value is -4.11. The molecule has 0 aliphatic carbocycles. The molecule has 0 atom stereocenters. The van der Waals surface area contributed by atoms with Crippen LogP contribution in [0.2, 0.25) is 0 Å². The van der Waals surface area contributed by atoms with E-state index in [9.17, 15) is 14.9 Å². The number of nitrogens with zero attached hydrogens (tertiary/aromatic N) is 1. The highest BCUT2D eigenvalue weighted by molar-refractivity contribution is 6.11. The summed E-state index contributed by atoms with van der Waals surface area (Å²) in [6.45, 7) is 5.35. The molecule has 0 spiro atoms. The normalized spacial score (nSPS) is 10.7. The number of para-hydroxylation sites is 1. The fraction of sp³-hybridized carbons (Fsp3) is 0.125. The number of benzene rings is 2. The largest absolute Gasteiger partial charge is 0.455 e. The van der Waals surface area contributed by atoms with Crippen LogP contribution < -0.4 is 10.7 Å². The minimum Gasteiger partial charge on any atom is -0.455 e. The summed E-state index contributed by atoms with van der Waals surface area (Å²) in [7, 11) is 0. The zero-order chi connectivity index (χ0) is 21.4. The number of aromatic amines is 1. The molecule has 2 heterocycles. The molecule has 2 aromatic carbocycles. The van der Waals surface area contributed by atoms with Crippen LogP contribution >= 0.6 is 0 Å². The van der Waals surface area contributed by atoms with Crippen molar-refractivity contribution in [2.24, 2.45) is 0 Å². The van der Waals surface area contributed by atoms with E-state index in [1.165, 1.54) is 0 Å². The van der Waals surface area contributed by atoms with Crippen LogP contribution in [0.15, 0.2) is 57.7 Å². The van der Waals surface area contributed by atoms with Crippen LogP contribution in [-0.2, 0) is 0 Å². The molecule has 4 rings (SSSR count). The van der Waals surface area contributed by atoms with E-state index in [0.717, 1.165) is 16.8 Å². The van der Waals surface area contributed by atoms with Crippen molar-refractivity contribution in [3.63, 3.8) is 0 Å². The van der Waals surface area contributed by atoms with Crippen molar-refractivity contribution in [1.29, 1.82) is 5.26 Å². The van der Waals surface area contributed by atoms with E-state index in [2.05, 4.69) is 16.4 Å². The fourth-order valence-electron chi connectivity index (χ4n) is 3.49. The van der Waals surface area contributed by atoms with E-state index in [1.54, 1.807) is 25.1 Å². The molecule has 0 fully saturated rings. The van der Waals surface area contributed by atoms with Gasteiger partial charge in [0.2, 0.25) is 0 Å². The number of hydrogen-bond acceptors (Lipinski definition) is 4. The van der Waals surface area contributed by atoms with Gasteiger partial charge in [-0.05, 0) is 38.5 Å². The van der Waals surface area contributed by atoms with Gasteiger partial charge >= 0.3 is 0 Å². The summed E-state index contributed by atoms with van der Waals surface area (Å²) >= 11 is 0. The summed E-state index contributed by atoms with van der Waals surface area (Å²) in [5.74, 6) is 0.286. The molecule has 6 nitrogen and oxygen atoms in total. The Kier molecular flexibility index (Phi) is 4.72. The van der Waals surface area contributed by atoms with Gasteiger partial charge in [-0.15, -0.1) is 0 Å². The number of anilines is 1. The monoisotopic (exact) mass is 397 g/mol. The SMILES string of the molecule is Cc1[nH]c(NC(=O)c2cccc3c(=O)c(C)c(-c4ccccc4)oc23)c(C#N)c1C. The van der Waals surface area contributed by atoms with E-state index in [0.29, 0.717) is 28.1 Å². The number of nitrogens with one attached hydrogen (secondary N) is 2. The van der Waals surface area contributed by atoms with Gasteiger partial charge in [-0.2, -0.15) is 5.26 Å². The predicted molar refractivity (Wildman–Crippen MR) is 116 cm³/mol. The fourth-order valence-corrected chi connectivity index (χ4v) is 3.49.